The fourth-order valence-corrected chi connectivity index (χ4v) is 4.16. The van der Waals surface area contributed by atoms with Crippen LogP contribution in [0.4, 0.5) is 11.8 Å². The van der Waals surface area contributed by atoms with Gasteiger partial charge in [0.2, 0.25) is 5.95 Å². The zero-order chi connectivity index (χ0) is 16.7. The minimum atomic E-state index is 0.199. The molecule has 0 radical (unpaired) electrons. The third-order valence-corrected chi connectivity index (χ3v) is 5.11. The maximum absolute atomic E-state index is 6.17. The highest BCUT2D eigenvalue weighted by Crippen LogP contribution is 2.39. The first-order valence-electron chi connectivity index (χ1n) is 8.11. The van der Waals surface area contributed by atoms with Crippen molar-refractivity contribution in [1.82, 2.24) is 14.4 Å². The van der Waals surface area contributed by atoms with Crippen LogP contribution in [0.25, 0.3) is 48.9 Å². The monoisotopic (exact) mass is 323 g/mol. The second kappa shape index (κ2) is 4.08. The van der Waals surface area contributed by atoms with Gasteiger partial charge in [0.25, 0.3) is 0 Å². The van der Waals surface area contributed by atoms with E-state index in [2.05, 4.69) is 69.1 Å². The Morgan fingerprint density at radius 1 is 0.800 bits per heavy atom. The molecule has 5 nitrogen and oxygen atoms in total. The van der Waals surface area contributed by atoms with Gasteiger partial charge in [-0.1, -0.05) is 30.3 Å². The number of pyridine rings is 1. The summed E-state index contributed by atoms with van der Waals surface area (Å²) in [5.41, 5.74) is 15.1. The number of aromatic nitrogens is 3. The van der Waals surface area contributed by atoms with Gasteiger partial charge >= 0.3 is 0 Å². The van der Waals surface area contributed by atoms with Crippen LogP contribution < -0.4 is 11.5 Å². The smallest absolute Gasteiger partial charge is 0.222 e. The second-order valence-electron chi connectivity index (χ2n) is 6.41. The number of rotatable bonds is 0. The molecule has 0 amide bonds. The Kier molecular flexibility index (Phi) is 2.08. The van der Waals surface area contributed by atoms with E-state index in [9.17, 15) is 0 Å². The number of hydrogen-bond acceptors (Lipinski definition) is 4. The van der Waals surface area contributed by atoms with Crippen LogP contribution in [0, 0.1) is 0 Å². The number of nitrogens with two attached hydrogens (primary N) is 2. The Morgan fingerprint density at radius 2 is 1.64 bits per heavy atom. The fraction of sp³-hybridized carbons (Fsp3) is 0. The summed E-state index contributed by atoms with van der Waals surface area (Å²) in [5, 5.41) is 6.75. The molecule has 25 heavy (non-hydrogen) atoms. The normalized spacial score (nSPS) is 12.3. The van der Waals surface area contributed by atoms with Crippen molar-refractivity contribution >= 4 is 60.6 Å². The number of nitrogens with zero attached hydrogens (tertiary/aromatic N) is 3. The Morgan fingerprint density at radius 3 is 2.52 bits per heavy atom. The molecule has 0 fully saturated rings. The lowest BCUT2D eigenvalue weighted by Crippen LogP contribution is -2.01. The van der Waals surface area contributed by atoms with Crippen LogP contribution in [0.3, 0.4) is 0 Å². The molecule has 0 spiro atoms. The van der Waals surface area contributed by atoms with E-state index in [-0.39, 0.29) is 5.95 Å². The minimum absolute atomic E-state index is 0.199. The number of fused-ring (bicyclic) bond motifs is 4. The van der Waals surface area contributed by atoms with Crippen molar-refractivity contribution in [3.63, 3.8) is 0 Å². The van der Waals surface area contributed by atoms with Gasteiger partial charge in [-0.3, -0.25) is 0 Å². The van der Waals surface area contributed by atoms with Gasteiger partial charge < -0.3 is 15.9 Å². The molecule has 3 aromatic heterocycles. The zero-order valence-corrected chi connectivity index (χ0v) is 13.2. The second-order valence-corrected chi connectivity index (χ2v) is 6.41. The largest absolute Gasteiger partial charge is 0.383 e. The molecule has 3 heterocycles. The summed E-state index contributed by atoms with van der Waals surface area (Å²) < 4.78 is 2.23. The lowest BCUT2D eigenvalue weighted by molar-refractivity contribution is 1.25. The Labute approximate surface area is 141 Å². The quantitative estimate of drug-likeness (QED) is 0.327. The molecule has 0 bridgehead atoms. The average Bonchev–Trinajstić information content (AvgIpc) is 3.04. The van der Waals surface area contributed by atoms with Gasteiger partial charge in [-0.15, -0.1) is 0 Å². The summed E-state index contributed by atoms with van der Waals surface area (Å²) in [7, 11) is 0. The van der Waals surface area contributed by atoms with Gasteiger partial charge in [-0.05, 0) is 29.0 Å². The zero-order valence-electron chi connectivity index (χ0n) is 13.2. The van der Waals surface area contributed by atoms with Gasteiger partial charge in [0.1, 0.15) is 5.82 Å². The van der Waals surface area contributed by atoms with Crippen LogP contribution in [0.1, 0.15) is 0 Å². The molecular formula is C20H13N5. The molecule has 0 aliphatic carbocycles. The van der Waals surface area contributed by atoms with Gasteiger partial charge in [0.15, 0.2) is 0 Å². The van der Waals surface area contributed by atoms with E-state index < -0.39 is 0 Å². The Hall–Kier alpha value is -3.60. The Bertz CT molecular complexity index is 1460. The van der Waals surface area contributed by atoms with E-state index >= 15 is 0 Å². The van der Waals surface area contributed by atoms with Crippen molar-refractivity contribution in [1.29, 1.82) is 0 Å². The van der Waals surface area contributed by atoms with Crippen LogP contribution in [0.5, 0.6) is 0 Å². The van der Waals surface area contributed by atoms with Crippen molar-refractivity contribution in [2.24, 2.45) is 0 Å². The molecule has 4 N–H and O–H groups in total. The van der Waals surface area contributed by atoms with Crippen LogP contribution in [-0.4, -0.2) is 14.4 Å². The van der Waals surface area contributed by atoms with Crippen molar-refractivity contribution in [3.05, 3.63) is 54.7 Å². The summed E-state index contributed by atoms with van der Waals surface area (Å²) in [5.74, 6) is 0.620. The molecule has 0 aliphatic rings. The highest BCUT2D eigenvalue weighted by molar-refractivity contribution is 6.27. The lowest BCUT2D eigenvalue weighted by Gasteiger charge is -2.13. The lowest BCUT2D eigenvalue weighted by atomic mass is 9.98. The predicted octanol–water partition coefficient (Wildman–Crippen LogP) is 3.94. The molecular weight excluding hydrogens is 310 g/mol. The maximum Gasteiger partial charge on any atom is 0.222 e. The maximum atomic E-state index is 6.17. The molecule has 5 heteroatoms. The molecule has 0 aliphatic heterocycles. The van der Waals surface area contributed by atoms with E-state index in [1.54, 1.807) is 0 Å². The topological polar surface area (TPSA) is 82.2 Å². The molecule has 6 rings (SSSR count). The fourth-order valence-electron chi connectivity index (χ4n) is 4.16. The van der Waals surface area contributed by atoms with Crippen LogP contribution in [0.15, 0.2) is 54.7 Å². The minimum Gasteiger partial charge on any atom is -0.383 e. The Balaban J connectivity index is 2.05. The summed E-state index contributed by atoms with van der Waals surface area (Å²) in [4.78, 5) is 8.58. The van der Waals surface area contributed by atoms with Gasteiger partial charge in [0, 0.05) is 22.4 Å². The molecule has 0 saturated heterocycles. The highest BCUT2D eigenvalue weighted by atomic mass is 15.0. The predicted molar refractivity (Wildman–Crippen MR) is 103 cm³/mol. The number of nitrogen functional groups attached to an aromatic ring is 2. The van der Waals surface area contributed by atoms with Gasteiger partial charge in [-0.25, -0.2) is 4.98 Å². The van der Waals surface area contributed by atoms with Crippen molar-refractivity contribution in [2.45, 2.75) is 0 Å². The first-order valence-corrected chi connectivity index (χ1v) is 8.11. The van der Waals surface area contributed by atoms with Crippen LogP contribution >= 0.6 is 0 Å². The van der Waals surface area contributed by atoms with E-state index in [4.69, 9.17) is 11.5 Å². The number of anilines is 2. The van der Waals surface area contributed by atoms with Gasteiger partial charge in [-0.2, -0.15) is 4.98 Å². The van der Waals surface area contributed by atoms with Crippen molar-refractivity contribution in [3.8, 4) is 0 Å². The third-order valence-electron chi connectivity index (χ3n) is 5.11. The summed E-state index contributed by atoms with van der Waals surface area (Å²) in [6, 6.07) is 17.0. The molecule has 0 unspecified atom stereocenters. The molecule has 0 saturated carbocycles. The third kappa shape index (κ3) is 1.43. The van der Waals surface area contributed by atoms with E-state index in [1.165, 1.54) is 21.7 Å². The van der Waals surface area contributed by atoms with E-state index in [1.807, 2.05) is 0 Å². The van der Waals surface area contributed by atoms with E-state index in [0.29, 0.717) is 5.82 Å². The number of benzene rings is 3. The summed E-state index contributed by atoms with van der Waals surface area (Å²) in [6.45, 7) is 0. The van der Waals surface area contributed by atoms with Crippen LogP contribution in [0.2, 0.25) is 0 Å². The first-order chi connectivity index (χ1) is 12.2. The number of hydrogen-bond donors (Lipinski definition) is 2. The first kappa shape index (κ1) is 12.8. The molecule has 6 aromatic rings. The van der Waals surface area contributed by atoms with E-state index in [0.717, 1.165) is 27.2 Å². The van der Waals surface area contributed by atoms with Crippen molar-refractivity contribution < 1.29 is 0 Å². The summed E-state index contributed by atoms with van der Waals surface area (Å²) in [6.07, 6.45) is 2.09. The van der Waals surface area contributed by atoms with Crippen LogP contribution in [-0.2, 0) is 0 Å². The highest BCUT2D eigenvalue weighted by Gasteiger charge is 2.17. The average molecular weight is 323 g/mol. The summed E-state index contributed by atoms with van der Waals surface area (Å²) >= 11 is 0. The standard InChI is InChI=1S/C20H13N5/c21-19-17-12-7-8-25-15-6-2-4-10-3-1-5-11(16(10)15)13(18(12)25)9-14(17)23-20(22)24-19/h1-9H,(H4,21,22,23,24). The molecule has 118 valence electrons. The SMILES string of the molecule is Nc1nc(N)c2c(cc3c4cccc5cccc(c54)n4ccc2c34)n1. The molecule has 0 atom stereocenters. The van der Waals surface area contributed by atoms with Crippen molar-refractivity contribution in [2.75, 3.05) is 11.5 Å². The molecule has 3 aromatic carbocycles. The van der Waals surface area contributed by atoms with Gasteiger partial charge in [0.05, 0.1) is 21.9 Å².